The molecule has 46 heavy (non-hydrogen) atoms. The molecule has 2 aliphatic heterocycles. The van der Waals surface area contributed by atoms with Crippen molar-refractivity contribution in [2.45, 2.75) is 81.6 Å². The first-order valence-electron chi connectivity index (χ1n) is 17.9. The lowest BCUT2D eigenvalue weighted by Crippen LogP contribution is -2.40. The summed E-state index contributed by atoms with van der Waals surface area (Å²) >= 11 is 0. The maximum Gasteiger partial charge on any atom is 0.159 e. The molecule has 2 heterocycles. The van der Waals surface area contributed by atoms with E-state index in [1.165, 1.54) is 78.1 Å². The van der Waals surface area contributed by atoms with Crippen LogP contribution in [0, 0.1) is 0 Å². The monoisotopic (exact) mass is 607 g/mol. The summed E-state index contributed by atoms with van der Waals surface area (Å²) in [6.45, 7) is 3.48. The Labute approximate surface area is 273 Å². The van der Waals surface area contributed by atoms with Crippen LogP contribution < -0.4 is 9.64 Å². The predicted octanol–water partition coefficient (Wildman–Crippen LogP) is 10.0. The smallest absolute Gasteiger partial charge is 0.159 e. The van der Waals surface area contributed by atoms with Crippen LogP contribution in [0.2, 0.25) is 0 Å². The Morgan fingerprint density at radius 3 is 2.13 bits per heavy atom. The van der Waals surface area contributed by atoms with E-state index in [9.17, 15) is 0 Å². The summed E-state index contributed by atoms with van der Waals surface area (Å²) in [5.41, 5.74) is 11.3. The first-order chi connectivity index (χ1) is 22.8. The molecule has 4 aromatic carbocycles. The van der Waals surface area contributed by atoms with E-state index in [0.717, 1.165) is 57.7 Å². The lowest BCUT2D eigenvalue weighted by molar-refractivity contribution is 0.0864. The fourth-order valence-electron chi connectivity index (χ4n) is 9.76. The van der Waals surface area contributed by atoms with Gasteiger partial charge in [-0.05, 0) is 89.4 Å². The SMILES string of the molecule is C1=CC2=C(CC1)c1c(c3c(c4ccccc14)OC(c1ccccc1)(c1ccc(N4CCOCC4)cc1)CC3)C21CCCCCCC1. The van der Waals surface area contributed by atoms with Crippen LogP contribution in [0.5, 0.6) is 5.75 Å². The number of anilines is 1. The van der Waals surface area contributed by atoms with Gasteiger partial charge in [-0.3, -0.25) is 0 Å². The Hall–Kier alpha value is -3.82. The van der Waals surface area contributed by atoms with Crippen molar-refractivity contribution in [2.75, 3.05) is 31.2 Å². The van der Waals surface area contributed by atoms with Gasteiger partial charge in [0.15, 0.2) is 5.60 Å². The first-order valence-corrected chi connectivity index (χ1v) is 17.9. The summed E-state index contributed by atoms with van der Waals surface area (Å²) < 4.78 is 13.3. The van der Waals surface area contributed by atoms with Gasteiger partial charge in [0.1, 0.15) is 5.75 Å². The zero-order valence-electron chi connectivity index (χ0n) is 27.0. The quantitative estimate of drug-likeness (QED) is 0.231. The summed E-state index contributed by atoms with van der Waals surface area (Å²) in [5, 5.41) is 2.68. The summed E-state index contributed by atoms with van der Waals surface area (Å²) in [4.78, 5) is 2.44. The van der Waals surface area contributed by atoms with Crippen LogP contribution in [-0.4, -0.2) is 26.3 Å². The summed E-state index contributed by atoms with van der Waals surface area (Å²) in [5.74, 6) is 1.13. The molecule has 1 saturated carbocycles. The van der Waals surface area contributed by atoms with E-state index in [2.05, 4.69) is 95.9 Å². The van der Waals surface area contributed by atoms with E-state index in [1.807, 2.05) is 0 Å². The second-order valence-electron chi connectivity index (χ2n) is 14.2. The third-order valence-corrected chi connectivity index (χ3v) is 11.9. The van der Waals surface area contributed by atoms with Crippen LogP contribution in [0.15, 0.2) is 96.6 Å². The van der Waals surface area contributed by atoms with Gasteiger partial charge in [-0.2, -0.15) is 0 Å². The molecule has 1 spiro atoms. The Balaban J connectivity index is 1.24. The van der Waals surface area contributed by atoms with Crippen LogP contribution in [0.1, 0.15) is 92.0 Å². The van der Waals surface area contributed by atoms with Gasteiger partial charge in [-0.15, -0.1) is 0 Å². The molecule has 9 rings (SSSR count). The highest BCUT2D eigenvalue weighted by Gasteiger charge is 2.50. The molecular formula is C43H45NO2. The molecule has 234 valence electrons. The molecule has 1 saturated heterocycles. The van der Waals surface area contributed by atoms with E-state index in [0.29, 0.717) is 0 Å². The molecule has 3 heteroatoms. The van der Waals surface area contributed by atoms with Crippen molar-refractivity contribution in [3.8, 4) is 5.75 Å². The van der Waals surface area contributed by atoms with Crippen molar-refractivity contribution in [1.82, 2.24) is 0 Å². The molecule has 3 aliphatic carbocycles. The molecule has 3 nitrogen and oxygen atoms in total. The van der Waals surface area contributed by atoms with Crippen molar-refractivity contribution in [3.63, 3.8) is 0 Å². The molecule has 0 N–H and O–H groups in total. The van der Waals surface area contributed by atoms with Crippen LogP contribution >= 0.6 is 0 Å². The standard InChI is InChI=1S/C43H45NO2/c1-2-11-24-42(25-12-3-1)38-18-10-9-17-36(38)39-34-15-7-8-16-35(34)41-37(40(39)42)23-26-43(46-41,31-13-5-4-6-14-31)32-19-21-33(22-20-32)44-27-29-45-30-28-44/h4-8,10,13-16,18-22H,1-3,9,11-12,17,23-30H2. The van der Waals surface area contributed by atoms with Gasteiger partial charge < -0.3 is 14.4 Å². The van der Waals surface area contributed by atoms with E-state index < -0.39 is 5.60 Å². The maximum atomic E-state index is 7.69. The van der Waals surface area contributed by atoms with Gasteiger partial charge in [0, 0.05) is 35.1 Å². The number of hydrogen-bond donors (Lipinski definition) is 0. The summed E-state index contributed by atoms with van der Waals surface area (Å²) in [7, 11) is 0. The lowest BCUT2D eigenvalue weighted by atomic mass is 9.65. The number of allylic oxidation sites excluding steroid dienone is 4. The van der Waals surface area contributed by atoms with Gasteiger partial charge in [0.05, 0.1) is 13.2 Å². The molecular weight excluding hydrogens is 562 g/mol. The Bertz CT molecular complexity index is 1820. The fraction of sp³-hybridized carbons (Fsp3) is 0.395. The second kappa shape index (κ2) is 11.5. The second-order valence-corrected chi connectivity index (χ2v) is 14.2. The normalized spacial score (nSPS) is 23.8. The van der Waals surface area contributed by atoms with Gasteiger partial charge in [0.2, 0.25) is 0 Å². The lowest BCUT2D eigenvalue weighted by Gasteiger charge is -2.43. The number of ether oxygens (including phenoxy) is 2. The minimum Gasteiger partial charge on any atom is -0.477 e. The van der Waals surface area contributed by atoms with E-state index in [4.69, 9.17) is 9.47 Å². The number of hydrogen-bond acceptors (Lipinski definition) is 3. The maximum absolute atomic E-state index is 7.69. The van der Waals surface area contributed by atoms with Gasteiger partial charge in [0.25, 0.3) is 0 Å². The minimum absolute atomic E-state index is 0.117. The van der Waals surface area contributed by atoms with Crippen LogP contribution in [0.3, 0.4) is 0 Å². The van der Waals surface area contributed by atoms with Crippen molar-refractivity contribution in [3.05, 3.63) is 124 Å². The molecule has 5 aliphatic rings. The van der Waals surface area contributed by atoms with Crippen LogP contribution in [-0.2, 0) is 22.2 Å². The molecule has 0 radical (unpaired) electrons. The van der Waals surface area contributed by atoms with Crippen molar-refractivity contribution >= 4 is 22.0 Å². The summed E-state index contributed by atoms with van der Waals surface area (Å²) in [6, 6.07) is 29.5. The zero-order chi connectivity index (χ0) is 30.6. The van der Waals surface area contributed by atoms with Crippen LogP contribution in [0.25, 0.3) is 16.3 Å². The third-order valence-electron chi connectivity index (χ3n) is 11.9. The predicted molar refractivity (Wildman–Crippen MR) is 189 cm³/mol. The van der Waals surface area contributed by atoms with E-state index >= 15 is 0 Å². The van der Waals surface area contributed by atoms with Gasteiger partial charge >= 0.3 is 0 Å². The Morgan fingerprint density at radius 1 is 0.652 bits per heavy atom. The molecule has 0 bridgehead atoms. The number of benzene rings is 4. The summed E-state index contributed by atoms with van der Waals surface area (Å²) in [6.07, 6.45) is 18.5. The van der Waals surface area contributed by atoms with Crippen molar-refractivity contribution in [2.24, 2.45) is 0 Å². The molecule has 1 unspecified atom stereocenters. The zero-order valence-corrected chi connectivity index (χ0v) is 27.0. The van der Waals surface area contributed by atoms with Gasteiger partial charge in [-0.25, -0.2) is 0 Å². The minimum atomic E-state index is -0.547. The highest BCUT2D eigenvalue weighted by Crippen LogP contribution is 2.62. The Morgan fingerprint density at radius 2 is 1.35 bits per heavy atom. The molecule has 1 atom stereocenters. The highest BCUT2D eigenvalue weighted by atomic mass is 16.5. The average Bonchev–Trinajstić information content (AvgIpc) is 3.41. The topological polar surface area (TPSA) is 21.7 Å². The largest absolute Gasteiger partial charge is 0.477 e. The number of nitrogens with zero attached hydrogens (tertiary/aromatic N) is 1. The molecule has 2 fully saturated rings. The van der Waals surface area contributed by atoms with Crippen molar-refractivity contribution < 1.29 is 9.47 Å². The van der Waals surface area contributed by atoms with Crippen LogP contribution in [0.4, 0.5) is 5.69 Å². The number of fused-ring (bicyclic) bond motifs is 9. The first kappa shape index (κ1) is 28.4. The molecule has 4 aromatic rings. The Kier molecular flexibility index (Phi) is 7.07. The van der Waals surface area contributed by atoms with E-state index in [1.54, 1.807) is 22.3 Å². The number of morpholine rings is 1. The number of rotatable bonds is 3. The third kappa shape index (κ3) is 4.34. The fourth-order valence-corrected chi connectivity index (χ4v) is 9.76. The average molecular weight is 608 g/mol. The van der Waals surface area contributed by atoms with E-state index in [-0.39, 0.29) is 5.41 Å². The van der Waals surface area contributed by atoms with Gasteiger partial charge in [-0.1, -0.05) is 111 Å². The molecule has 0 aromatic heterocycles. The van der Waals surface area contributed by atoms with Crippen molar-refractivity contribution in [1.29, 1.82) is 0 Å². The molecule has 0 amide bonds. The highest BCUT2D eigenvalue weighted by molar-refractivity contribution is 6.04.